The van der Waals surface area contributed by atoms with Gasteiger partial charge in [-0.3, -0.25) is 4.79 Å². The predicted octanol–water partition coefficient (Wildman–Crippen LogP) is 5.66. The number of hydrogen-bond acceptors (Lipinski definition) is 1. The van der Waals surface area contributed by atoms with Crippen molar-refractivity contribution in [2.75, 3.05) is 6.16 Å². The van der Waals surface area contributed by atoms with Crippen molar-refractivity contribution >= 4 is 40.6 Å². The van der Waals surface area contributed by atoms with E-state index in [4.69, 9.17) is 11.6 Å². The van der Waals surface area contributed by atoms with Crippen LogP contribution in [-0.2, 0) is 0 Å². The third-order valence-corrected chi connectivity index (χ3v) is 9.82. The van der Waals surface area contributed by atoms with Crippen molar-refractivity contribution in [3.8, 4) is 0 Å². The van der Waals surface area contributed by atoms with Crippen LogP contribution >= 0.6 is 18.9 Å². The third-order valence-electron chi connectivity index (χ3n) is 5.21. The van der Waals surface area contributed by atoms with E-state index in [-0.39, 0.29) is 17.0 Å². The van der Waals surface area contributed by atoms with Crippen molar-refractivity contribution < 1.29 is 9.18 Å². The molecule has 0 unspecified atom stereocenters. The van der Waals surface area contributed by atoms with E-state index in [9.17, 15) is 9.18 Å². The summed E-state index contributed by atoms with van der Waals surface area (Å²) in [5, 5.41) is 3.36. The summed E-state index contributed by atoms with van der Waals surface area (Å²) < 4.78 is 14.1. The zero-order valence-electron chi connectivity index (χ0n) is 16.2. The Bertz CT molecular complexity index is 1050. The normalized spacial score (nSPS) is 11.3. The second kappa shape index (κ2) is 8.92. The number of carbonyl (C=O) groups is 1. The van der Waals surface area contributed by atoms with E-state index in [1.165, 1.54) is 12.1 Å². The van der Waals surface area contributed by atoms with Crippen molar-refractivity contribution in [2.24, 2.45) is 0 Å². The molecule has 0 heterocycles. The van der Waals surface area contributed by atoms with Gasteiger partial charge in [-0.1, -0.05) is 66.2 Å². The molecule has 148 valence electrons. The van der Waals surface area contributed by atoms with Crippen LogP contribution in [-0.4, -0.2) is 11.9 Å². The first-order valence-electron chi connectivity index (χ1n) is 9.64. The second-order valence-corrected chi connectivity index (χ2v) is 10.9. The molecule has 1 nitrogen and oxygen atoms in total. The largest absolute Gasteiger partial charge is 0.290 e. The van der Waals surface area contributed by atoms with Crippen LogP contribution in [0.15, 0.2) is 109 Å². The number of Topliss-reactive ketones (excluding diaryl/α,β-unsaturated/α-hetero) is 1. The van der Waals surface area contributed by atoms with Gasteiger partial charge in [-0.2, -0.15) is 0 Å². The zero-order chi connectivity index (χ0) is 21.0. The molecule has 4 aromatic rings. The Morgan fingerprint density at radius 1 is 0.700 bits per heavy atom. The van der Waals surface area contributed by atoms with E-state index in [0.717, 1.165) is 15.9 Å². The van der Waals surface area contributed by atoms with Crippen LogP contribution in [0.1, 0.15) is 10.4 Å². The highest BCUT2D eigenvalue weighted by Crippen LogP contribution is 2.55. The van der Waals surface area contributed by atoms with Gasteiger partial charge in [0.15, 0.2) is 0 Å². The molecule has 0 amide bonds. The maximum Gasteiger partial charge on any atom is 0.201 e. The SMILES string of the molecule is O=C(C[P+](c1ccccc1)(c1ccccc1)c1ccccc1)c1ccc(Cl)c(F)c1. The summed E-state index contributed by atoms with van der Waals surface area (Å²) in [6.07, 6.45) is 0.270. The minimum atomic E-state index is -2.31. The molecule has 0 aliphatic heterocycles. The molecule has 4 aromatic carbocycles. The molecule has 30 heavy (non-hydrogen) atoms. The van der Waals surface area contributed by atoms with E-state index >= 15 is 0 Å². The fourth-order valence-electron chi connectivity index (χ4n) is 3.74. The summed E-state index contributed by atoms with van der Waals surface area (Å²) >= 11 is 5.83. The Hall–Kier alpha value is -2.80. The van der Waals surface area contributed by atoms with Gasteiger partial charge in [0.25, 0.3) is 0 Å². The maximum absolute atomic E-state index is 14.1. The molecule has 4 rings (SSSR count). The summed E-state index contributed by atoms with van der Waals surface area (Å²) in [4.78, 5) is 13.5. The number of benzene rings is 4. The quantitative estimate of drug-likeness (QED) is 0.283. The summed E-state index contributed by atoms with van der Waals surface area (Å²) in [7, 11) is -2.31. The lowest BCUT2D eigenvalue weighted by Gasteiger charge is -2.27. The Morgan fingerprint density at radius 3 is 1.53 bits per heavy atom. The van der Waals surface area contributed by atoms with Gasteiger partial charge in [0.2, 0.25) is 5.78 Å². The van der Waals surface area contributed by atoms with Gasteiger partial charge in [0, 0.05) is 5.56 Å². The standard InChI is InChI=1S/C26H20ClFOP/c27-24-17-16-20(18-25(24)28)26(29)19-30(21-10-4-1-5-11-21,22-12-6-2-7-13-22)23-14-8-3-9-15-23/h1-18H,19H2/q+1. The summed E-state index contributed by atoms with van der Waals surface area (Å²) in [5.74, 6) is -0.680. The number of ketones is 1. The van der Waals surface area contributed by atoms with Crippen molar-refractivity contribution in [3.05, 3.63) is 126 Å². The lowest BCUT2D eigenvalue weighted by atomic mass is 10.1. The second-order valence-electron chi connectivity index (χ2n) is 7.03. The summed E-state index contributed by atoms with van der Waals surface area (Å²) in [6, 6.07) is 34.7. The lowest BCUT2D eigenvalue weighted by Crippen LogP contribution is -2.35. The first-order valence-corrected chi connectivity index (χ1v) is 12.0. The molecule has 4 heteroatoms. The van der Waals surface area contributed by atoms with Crippen LogP contribution < -0.4 is 15.9 Å². The minimum Gasteiger partial charge on any atom is -0.290 e. The van der Waals surface area contributed by atoms with E-state index in [2.05, 4.69) is 36.4 Å². The smallest absolute Gasteiger partial charge is 0.201 e. The van der Waals surface area contributed by atoms with Gasteiger partial charge < -0.3 is 0 Å². The average Bonchev–Trinajstić information content (AvgIpc) is 2.81. The number of rotatable bonds is 6. The van der Waals surface area contributed by atoms with Crippen LogP contribution in [0.5, 0.6) is 0 Å². The van der Waals surface area contributed by atoms with Crippen molar-refractivity contribution in [1.82, 2.24) is 0 Å². The van der Waals surface area contributed by atoms with E-state index < -0.39 is 13.1 Å². The van der Waals surface area contributed by atoms with E-state index in [1.807, 2.05) is 54.6 Å². The van der Waals surface area contributed by atoms with Crippen LogP contribution in [0, 0.1) is 5.82 Å². The molecule has 0 aromatic heterocycles. The van der Waals surface area contributed by atoms with Gasteiger partial charge in [-0.15, -0.1) is 0 Å². The summed E-state index contributed by atoms with van der Waals surface area (Å²) in [6.45, 7) is 0. The molecule has 0 spiro atoms. The highest BCUT2D eigenvalue weighted by Gasteiger charge is 2.47. The van der Waals surface area contributed by atoms with E-state index in [0.29, 0.717) is 5.56 Å². The van der Waals surface area contributed by atoms with Gasteiger partial charge in [0.05, 0.1) is 5.02 Å². The molecular weight excluding hydrogens is 414 g/mol. The molecule has 0 atom stereocenters. The van der Waals surface area contributed by atoms with Crippen LogP contribution in [0.25, 0.3) is 0 Å². The Balaban J connectivity index is 1.92. The molecule has 0 aliphatic rings. The van der Waals surface area contributed by atoms with Crippen molar-refractivity contribution in [2.45, 2.75) is 0 Å². The van der Waals surface area contributed by atoms with Crippen LogP contribution in [0.3, 0.4) is 0 Å². The first-order chi connectivity index (χ1) is 14.6. The average molecular weight is 434 g/mol. The Morgan fingerprint density at radius 2 is 1.13 bits per heavy atom. The predicted molar refractivity (Wildman–Crippen MR) is 126 cm³/mol. The lowest BCUT2D eigenvalue weighted by molar-refractivity contribution is 0.102. The molecule has 0 aliphatic carbocycles. The monoisotopic (exact) mass is 433 g/mol. The Labute approximate surface area is 181 Å². The molecule has 0 fully saturated rings. The molecule has 0 radical (unpaired) electrons. The maximum atomic E-state index is 14.1. The van der Waals surface area contributed by atoms with Gasteiger partial charge in [-0.05, 0) is 54.6 Å². The number of hydrogen-bond donors (Lipinski definition) is 0. The van der Waals surface area contributed by atoms with Gasteiger partial charge in [0.1, 0.15) is 35.2 Å². The minimum absolute atomic E-state index is 0.0155. The summed E-state index contributed by atoms with van der Waals surface area (Å²) in [5.41, 5.74) is 0.337. The first kappa shape index (κ1) is 20.5. The van der Waals surface area contributed by atoms with Gasteiger partial charge >= 0.3 is 0 Å². The highest BCUT2D eigenvalue weighted by atomic mass is 35.5. The van der Waals surface area contributed by atoms with Crippen molar-refractivity contribution in [3.63, 3.8) is 0 Å². The fraction of sp³-hybridized carbons (Fsp3) is 0.0385. The molecule has 0 N–H and O–H groups in total. The molecule has 0 saturated heterocycles. The van der Waals surface area contributed by atoms with Crippen molar-refractivity contribution in [1.29, 1.82) is 0 Å². The molecular formula is C26H20ClFOP+. The fourth-order valence-corrected chi connectivity index (χ4v) is 7.96. The van der Waals surface area contributed by atoms with Gasteiger partial charge in [-0.25, -0.2) is 4.39 Å². The number of halogens is 2. The van der Waals surface area contributed by atoms with Crippen LogP contribution in [0.2, 0.25) is 5.02 Å². The third kappa shape index (κ3) is 3.94. The molecule has 0 saturated carbocycles. The number of carbonyl (C=O) groups excluding carboxylic acids is 1. The van der Waals surface area contributed by atoms with Crippen LogP contribution in [0.4, 0.5) is 4.39 Å². The van der Waals surface area contributed by atoms with E-state index in [1.54, 1.807) is 6.07 Å². The highest BCUT2D eigenvalue weighted by molar-refractivity contribution is 7.96. The topological polar surface area (TPSA) is 17.1 Å². The molecule has 0 bridgehead atoms. The Kier molecular flexibility index (Phi) is 6.08. The zero-order valence-corrected chi connectivity index (χ0v) is 17.9.